The lowest BCUT2D eigenvalue weighted by Gasteiger charge is -2.42. The Morgan fingerprint density at radius 2 is 2.06 bits per heavy atom. The van der Waals surface area contributed by atoms with Crippen molar-refractivity contribution in [1.82, 2.24) is 14.7 Å². The van der Waals surface area contributed by atoms with Gasteiger partial charge in [-0.15, -0.1) is 0 Å². The van der Waals surface area contributed by atoms with E-state index in [2.05, 4.69) is 27.8 Å². The Morgan fingerprint density at radius 3 is 2.69 bits per heavy atom. The third-order valence-electron chi connectivity index (χ3n) is 3.14. The Hall–Kier alpha value is -0.870. The first-order chi connectivity index (χ1) is 7.77. The standard InChI is InChI=1S/C10H15N3O.C2H6/c1-12-4-9-2-3-11-13(9)6-10(5-12)7-14-8-10;1-2/h2-3H,4-8H2,1H3;1-2H3. The number of fused-ring (bicyclic) bond motifs is 1. The maximum atomic E-state index is 5.34. The fourth-order valence-electron chi connectivity index (χ4n) is 2.48. The summed E-state index contributed by atoms with van der Waals surface area (Å²) in [5, 5.41) is 4.36. The molecular weight excluding hydrogens is 202 g/mol. The monoisotopic (exact) mass is 223 g/mol. The Bertz CT molecular complexity index is 344. The van der Waals surface area contributed by atoms with Gasteiger partial charge in [-0.25, -0.2) is 0 Å². The Balaban J connectivity index is 0.000000457. The molecule has 4 nitrogen and oxygen atoms in total. The van der Waals surface area contributed by atoms with E-state index < -0.39 is 0 Å². The van der Waals surface area contributed by atoms with Crippen LogP contribution >= 0.6 is 0 Å². The Morgan fingerprint density at radius 1 is 1.31 bits per heavy atom. The normalized spacial score (nSPS) is 22.7. The molecule has 3 rings (SSSR count). The average molecular weight is 223 g/mol. The second-order valence-electron chi connectivity index (χ2n) is 4.65. The van der Waals surface area contributed by atoms with Gasteiger partial charge in [-0.3, -0.25) is 9.58 Å². The lowest BCUT2D eigenvalue weighted by Crippen LogP contribution is -2.51. The summed E-state index contributed by atoms with van der Waals surface area (Å²) in [4.78, 5) is 2.36. The fourth-order valence-corrected chi connectivity index (χ4v) is 2.48. The number of hydrogen-bond donors (Lipinski definition) is 0. The lowest BCUT2D eigenvalue weighted by molar-refractivity contribution is -0.130. The zero-order valence-electron chi connectivity index (χ0n) is 10.4. The highest BCUT2D eigenvalue weighted by Crippen LogP contribution is 2.33. The number of ether oxygens (including phenoxy) is 1. The topological polar surface area (TPSA) is 30.3 Å². The molecule has 2 aliphatic heterocycles. The van der Waals surface area contributed by atoms with Gasteiger partial charge in [0, 0.05) is 24.7 Å². The molecule has 1 fully saturated rings. The van der Waals surface area contributed by atoms with Crippen LogP contribution in [-0.2, 0) is 17.8 Å². The van der Waals surface area contributed by atoms with Crippen molar-refractivity contribution in [2.24, 2.45) is 5.41 Å². The third kappa shape index (κ3) is 1.99. The Kier molecular flexibility index (Phi) is 3.30. The predicted molar refractivity (Wildman–Crippen MR) is 63.2 cm³/mol. The third-order valence-corrected chi connectivity index (χ3v) is 3.14. The molecule has 0 amide bonds. The smallest absolute Gasteiger partial charge is 0.0575 e. The van der Waals surface area contributed by atoms with Crippen molar-refractivity contribution < 1.29 is 4.74 Å². The minimum absolute atomic E-state index is 0.325. The van der Waals surface area contributed by atoms with Crippen LogP contribution in [-0.4, -0.2) is 41.5 Å². The first-order valence-electron chi connectivity index (χ1n) is 6.04. The summed E-state index contributed by atoms with van der Waals surface area (Å²) in [5.74, 6) is 0. The number of aromatic nitrogens is 2. The highest BCUT2D eigenvalue weighted by atomic mass is 16.5. The van der Waals surface area contributed by atoms with Gasteiger partial charge in [0.2, 0.25) is 0 Å². The SMILES string of the molecule is CC.CN1Cc2ccnn2CC2(COC2)C1. The molecule has 2 aliphatic rings. The van der Waals surface area contributed by atoms with Crippen molar-refractivity contribution in [3.05, 3.63) is 18.0 Å². The van der Waals surface area contributed by atoms with Gasteiger partial charge in [-0.05, 0) is 13.1 Å². The maximum absolute atomic E-state index is 5.34. The highest BCUT2D eigenvalue weighted by molar-refractivity contribution is 5.05. The molecule has 90 valence electrons. The van der Waals surface area contributed by atoms with Crippen molar-refractivity contribution in [1.29, 1.82) is 0 Å². The molecule has 1 saturated heterocycles. The summed E-state index contributed by atoms with van der Waals surface area (Å²) < 4.78 is 7.47. The summed E-state index contributed by atoms with van der Waals surface area (Å²) in [6.45, 7) is 8.91. The molecule has 1 aromatic heterocycles. The van der Waals surface area contributed by atoms with E-state index in [9.17, 15) is 0 Å². The van der Waals surface area contributed by atoms with E-state index >= 15 is 0 Å². The van der Waals surface area contributed by atoms with Gasteiger partial charge in [0.25, 0.3) is 0 Å². The van der Waals surface area contributed by atoms with E-state index in [1.165, 1.54) is 5.69 Å². The van der Waals surface area contributed by atoms with Gasteiger partial charge in [0.1, 0.15) is 0 Å². The van der Waals surface area contributed by atoms with E-state index in [1.54, 1.807) is 0 Å². The van der Waals surface area contributed by atoms with Crippen LogP contribution in [0.15, 0.2) is 12.3 Å². The Labute approximate surface area is 97.2 Å². The molecule has 0 atom stereocenters. The molecule has 0 saturated carbocycles. The molecule has 16 heavy (non-hydrogen) atoms. The molecule has 0 aromatic carbocycles. The maximum Gasteiger partial charge on any atom is 0.0575 e. The van der Waals surface area contributed by atoms with Crippen molar-refractivity contribution in [2.45, 2.75) is 26.9 Å². The molecule has 0 bridgehead atoms. The van der Waals surface area contributed by atoms with Gasteiger partial charge in [-0.2, -0.15) is 5.10 Å². The van der Waals surface area contributed by atoms with E-state index in [4.69, 9.17) is 4.74 Å². The molecular formula is C12H21N3O. The van der Waals surface area contributed by atoms with Crippen molar-refractivity contribution in [2.75, 3.05) is 26.8 Å². The molecule has 1 aromatic rings. The molecule has 4 heteroatoms. The summed E-state index contributed by atoms with van der Waals surface area (Å²) in [5.41, 5.74) is 1.64. The van der Waals surface area contributed by atoms with Crippen LogP contribution in [0.4, 0.5) is 0 Å². The highest BCUT2D eigenvalue weighted by Gasteiger charge is 2.42. The minimum atomic E-state index is 0.325. The van der Waals surface area contributed by atoms with E-state index in [0.717, 1.165) is 32.8 Å². The van der Waals surface area contributed by atoms with Crippen LogP contribution in [0.1, 0.15) is 19.5 Å². The van der Waals surface area contributed by atoms with E-state index in [-0.39, 0.29) is 0 Å². The molecule has 0 N–H and O–H groups in total. The van der Waals surface area contributed by atoms with Crippen LogP contribution in [0.25, 0.3) is 0 Å². The van der Waals surface area contributed by atoms with Crippen LogP contribution in [0, 0.1) is 5.41 Å². The van der Waals surface area contributed by atoms with Gasteiger partial charge >= 0.3 is 0 Å². The average Bonchev–Trinajstić information content (AvgIpc) is 2.59. The largest absolute Gasteiger partial charge is 0.380 e. The lowest BCUT2D eigenvalue weighted by atomic mass is 9.85. The van der Waals surface area contributed by atoms with E-state index in [1.807, 2.05) is 20.0 Å². The van der Waals surface area contributed by atoms with Gasteiger partial charge in [-0.1, -0.05) is 13.8 Å². The van der Waals surface area contributed by atoms with Crippen LogP contribution in [0.5, 0.6) is 0 Å². The molecule has 1 spiro atoms. The van der Waals surface area contributed by atoms with Gasteiger partial charge < -0.3 is 4.74 Å². The van der Waals surface area contributed by atoms with Crippen LogP contribution < -0.4 is 0 Å². The number of hydrogen-bond acceptors (Lipinski definition) is 3. The second-order valence-corrected chi connectivity index (χ2v) is 4.65. The van der Waals surface area contributed by atoms with Crippen LogP contribution in [0.3, 0.4) is 0 Å². The summed E-state index contributed by atoms with van der Waals surface area (Å²) in [7, 11) is 2.17. The second kappa shape index (κ2) is 4.55. The van der Waals surface area contributed by atoms with Crippen LogP contribution in [0.2, 0.25) is 0 Å². The first kappa shape index (κ1) is 11.6. The first-order valence-corrected chi connectivity index (χ1v) is 6.04. The van der Waals surface area contributed by atoms with E-state index in [0.29, 0.717) is 5.41 Å². The fraction of sp³-hybridized carbons (Fsp3) is 0.750. The van der Waals surface area contributed by atoms with Gasteiger partial charge in [0.05, 0.1) is 25.5 Å². The van der Waals surface area contributed by atoms with Crippen molar-refractivity contribution in [3.8, 4) is 0 Å². The molecule has 0 radical (unpaired) electrons. The summed E-state index contributed by atoms with van der Waals surface area (Å²) in [6.07, 6.45) is 1.89. The quantitative estimate of drug-likeness (QED) is 0.665. The summed E-state index contributed by atoms with van der Waals surface area (Å²) >= 11 is 0. The summed E-state index contributed by atoms with van der Waals surface area (Å²) in [6, 6.07) is 2.11. The predicted octanol–water partition coefficient (Wildman–Crippen LogP) is 1.37. The molecule has 0 unspecified atom stereocenters. The molecule has 3 heterocycles. The zero-order chi connectivity index (χ0) is 11.6. The number of rotatable bonds is 0. The molecule has 0 aliphatic carbocycles. The van der Waals surface area contributed by atoms with Crippen molar-refractivity contribution in [3.63, 3.8) is 0 Å². The number of nitrogens with zero attached hydrogens (tertiary/aromatic N) is 3. The minimum Gasteiger partial charge on any atom is -0.380 e. The van der Waals surface area contributed by atoms with Crippen molar-refractivity contribution >= 4 is 0 Å². The van der Waals surface area contributed by atoms with Gasteiger partial charge in [0.15, 0.2) is 0 Å². The zero-order valence-corrected chi connectivity index (χ0v) is 10.4.